The maximum Gasteiger partial charge on any atom is 0.261 e. The number of hydrogen-bond acceptors (Lipinski definition) is 7. The summed E-state index contributed by atoms with van der Waals surface area (Å²) in [4.78, 5) is 34.2. The largest absolute Gasteiger partial charge is 0.382 e. The molecule has 0 bridgehead atoms. The predicted molar refractivity (Wildman–Crippen MR) is 95.8 cm³/mol. The van der Waals surface area contributed by atoms with E-state index < -0.39 is 0 Å². The summed E-state index contributed by atoms with van der Waals surface area (Å²) in [7, 11) is 0. The van der Waals surface area contributed by atoms with Gasteiger partial charge in [0.25, 0.3) is 11.8 Å². The van der Waals surface area contributed by atoms with Gasteiger partial charge in [-0.15, -0.1) is 0 Å². The molecular weight excluding hydrogens is 332 g/mol. The molecule has 3 rings (SSSR count). The predicted octanol–water partition coefficient (Wildman–Crippen LogP) is 1.82. The number of anilines is 2. The Morgan fingerprint density at radius 1 is 1.15 bits per heavy atom. The molecule has 0 aliphatic carbocycles. The standard InChI is InChI=1S/C18H18N6O2/c1-9(2)5-6-24-16(25)11-4-3-10(7-12(11)17(24)26)14-13(8-19)15(20)23-18(21)22-14/h3-4,7,9H,5-6H2,1-2H3,(H4,20,21,22,23). The van der Waals surface area contributed by atoms with Crippen molar-refractivity contribution in [1.29, 1.82) is 5.26 Å². The molecule has 1 aromatic carbocycles. The van der Waals surface area contributed by atoms with E-state index in [1.807, 2.05) is 19.9 Å². The van der Waals surface area contributed by atoms with Crippen molar-refractivity contribution in [2.45, 2.75) is 20.3 Å². The minimum Gasteiger partial charge on any atom is -0.382 e. The maximum absolute atomic E-state index is 12.6. The third kappa shape index (κ3) is 2.84. The van der Waals surface area contributed by atoms with Gasteiger partial charge in [-0.1, -0.05) is 19.9 Å². The quantitative estimate of drug-likeness (QED) is 0.802. The first-order valence-electron chi connectivity index (χ1n) is 8.17. The SMILES string of the molecule is CC(C)CCN1C(=O)c2ccc(-c3nc(N)nc(N)c3C#N)cc2C1=O. The molecule has 26 heavy (non-hydrogen) atoms. The van der Waals surface area contributed by atoms with Gasteiger partial charge in [-0.05, 0) is 24.5 Å². The molecule has 0 atom stereocenters. The molecule has 0 radical (unpaired) electrons. The fraction of sp³-hybridized carbons (Fsp3) is 0.278. The number of aromatic nitrogens is 2. The molecule has 2 amide bonds. The van der Waals surface area contributed by atoms with Gasteiger partial charge in [0.15, 0.2) is 0 Å². The number of imide groups is 1. The molecular formula is C18H18N6O2. The second-order valence-corrected chi connectivity index (χ2v) is 6.51. The van der Waals surface area contributed by atoms with Crippen molar-refractivity contribution in [3.8, 4) is 17.3 Å². The summed E-state index contributed by atoms with van der Waals surface area (Å²) in [6, 6.07) is 6.69. The molecule has 0 unspecified atom stereocenters. The molecule has 0 saturated carbocycles. The van der Waals surface area contributed by atoms with Crippen molar-refractivity contribution in [1.82, 2.24) is 14.9 Å². The fourth-order valence-corrected chi connectivity index (χ4v) is 2.84. The van der Waals surface area contributed by atoms with Crippen molar-refractivity contribution in [3.05, 3.63) is 34.9 Å². The van der Waals surface area contributed by atoms with Gasteiger partial charge in [0.1, 0.15) is 17.5 Å². The maximum atomic E-state index is 12.6. The lowest BCUT2D eigenvalue weighted by atomic mass is 10.0. The summed E-state index contributed by atoms with van der Waals surface area (Å²) in [6.07, 6.45) is 0.732. The van der Waals surface area contributed by atoms with E-state index in [4.69, 9.17) is 11.5 Å². The first-order chi connectivity index (χ1) is 12.3. The smallest absolute Gasteiger partial charge is 0.261 e. The van der Waals surface area contributed by atoms with Crippen LogP contribution < -0.4 is 11.5 Å². The van der Waals surface area contributed by atoms with Gasteiger partial charge >= 0.3 is 0 Å². The van der Waals surface area contributed by atoms with Gasteiger partial charge in [0, 0.05) is 12.1 Å². The van der Waals surface area contributed by atoms with Crippen LogP contribution in [0.1, 0.15) is 46.5 Å². The van der Waals surface area contributed by atoms with Crippen molar-refractivity contribution in [3.63, 3.8) is 0 Å². The monoisotopic (exact) mass is 350 g/mol. The Kier molecular flexibility index (Phi) is 4.30. The highest BCUT2D eigenvalue weighted by Gasteiger charge is 2.35. The second kappa shape index (κ2) is 6.44. The van der Waals surface area contributed by atoms with Crippen LogP contribution in [0.25, 0.3) is 11.3 Å². The van der Waals surface area contributed by atoms with E-state index in [9.17, 15) is 14.9 Å². The number of hydrogen-bond donors (Lipinski definition) is 2. The molecule has 1 aliphatic heterocycles. The van der Waals surface area contributed by atoms with E-state index in [0.717, 1.165) is 6.42 Å². The number of carbonyl (C=O) groups excluding carboxylic acids is 2. The molecule has 4 N–H and O–H groups in total. The third-order valence-electron chi connectivity index (χ3n) is 4.24. The number of fused-ring (bicyclic) bond motifs is 1. The highest BCUT2D eigenvalue weighted by atomic mass is 16.2. The zero-order chi connectivity index (χ0) is 19.0. The molecule has 0 fully saturated rings. The average Bonchev–Trinajstić information content (AvgIpc) is 2.83. The number of benzene rings is 1. The lowest BCUT2D eigenvalue weighted by Crippen LogP contribution is -2.31. The van der Waals surface area contributed by atoms with E-state index in [2.05, 4.69) is 9.97 Å². The number of nitrogen functional groups attached to an aromatic ring is 2. The van der Waals surface area contributed by atoms with E-state index in [-0.39, 0.29) is 40.4 Å². The van der Waals surface area contributed by atoms with Crippen LogP contribution in [-0.2, 0) is 0 Å². The number of amides is 2. The molecule has 1 aromatic heterocycles. The van der Waals surface area contributed by atoms with Gasteiger partial charge in [-0.25, -0.2) is 4.98 Å². The minimum absolute atomic E-state index is 0.0311. The molecule has 2 aromatic rings. The van der Waals surface area contributed by atoms with Gasteiger partial charge in [0.05, 0.1) is 16.8 Å². The van der Waals surface area contributed by atoms with Crippen LogP contribution in [0.15, 0.2) is 18.2 Å². The third-order valence-corrected chi connectivity index (χ3v) is 4.24. The topological polar surface area (TPSA) is 139 Å². The Balaban J connectivity index is 2.04. The molecule has 8 heteroatoms. The van der Waals surface area contributed by atoms with Gasteiger partial charge in [-0.2, -0.15) is 10.2 Å². The van der Waals surface area contributed by atoms with E-state index in [1.54, 1.807) is 18.2 Å². The Morgan fingerprint density at radius 2 is 1.85 bits per heavy atom. The number of nitrogens with zero attached hydrogens (tertiary/aromatic N) is 4. The number of rotatable bonds is 4. The molecule has 2 heterocycles. The summed E-state index contributed by atoms with van der Waals surface area (Å²) < 4.78 is 0. The Bertz CT molecular complexity index is 961. The Hall–Kier alpha value is -3.47. The van der Waals surface area contributed by atoms with Gasteiger partial charge in [-0.3, -0.25) is 14.5 Å². The Morgan fingerprint density at radius 3 is 2.50 bits per heavy atom. The lowest BCUT2D eigenvalue weighted by molar-refractivity contribution is 0.0648. The second-order valence-electron chi connectivity index (χ2n) is 6.51. The number of carbonyl (C=O) groups is 2. The molecule has 1 aliphatic rings. The molecule has 0 spiro atoms. The van der Waals surface area contributed by atoms with Crippen LogP contribution >= 0.6 is 0 Å². The van der Waals surface area contributed by atoms with Gasteiger partial charge in [0.2, 0.25) is 5.95 Å². The van der Waals surface area contributed by atoms with Crippen molar-refractivity contribution in [2.24, 2.45) is 5.92 Å². The highest BCUT2D eigenvalue weighted by Crippen LogP contribution is 2.31. The van der Waals surface area contributed by atoms with Crippen LogP contribution in [0.4, 0.5) is 11.8 Å². The van der Waals surface area contributed by atoms with E-state index in [0.29, 0.717) is 23.6 Å². The average molecular weight is 350 g/mol. The van der Waals surface area contributed by atoms with Crippen molar-refractivity contribution in [2.75, 3.05) is 18.0 Å². The lowest BCUT2D eigenvalue weighted by Gasteiger charge is -2.14. The summed E-state index contributed by atoms with van der Waals surface area (Å²) >= 11 is 0. The number of nitriles is 1. The van der Waals surface area contributed by atoms with E-state index in [1.165, 1.54) is 4.90 Å². The summed E-state index contributed by atoms with van der Waals surface area (Å²) in [5.41, 5.74) is 12.8. The summed E-state index contributed by atoms with van der Waals surface area (Å²) in [5.74, 6) is -0.380. The summed E-state index contributed by atoms with van der Waals surface area (Å²) in [5, 5.41) is 9.32. The van der Waals surface area contributed by atoms with Crippen LogP contribution in [0.2, 0.25) is 0 Å². The highest BCUT2D eigenvalue weighted by molar-refractivity contribution is 6.21. The van der Waals surface area contributed by atoms with Gasteiger partial charge < -0.3 is 11.5 Å². The fourth-order valence-electron chi connectivity index (χ4n) is 2.84. The van der Waals surface area contributed by atoms with Crippen LogP contribution in [0, 0.1) is 17.2 Å². The molecule has 132 valence electrons. The minimum atomic E-state index is -0.346. The number of nitrogens with two attached hydrogens (primary N) is 2. The Labute approximate surface area is 150 Å². The van der Waals surface area contributed by atoms with Crippen LogP contribution in [-0.4, -0.2) is 33.2 Å². The first kappa shape index (κ1) is 17.4. The summed E-state index contributed by atoms with van der Waals surface area (Å²) in [6.45, 7) is 4.43. The van der Waals surface area contributed by atoms with E-state index >= 15 is 0 Å². The molecule has 0 saturated heterocycles. The van der Waals surface area contributed by atoms with Crippen LogP contribution in [0.5, 0.6) is 0 Å². The normalized spacial score (nSPS) is 13.2. The molecule has 8 nitrogen and oxygen atoms in total. The zero-order valence-corrected chi connectivity index (χ0v) is 14.5. The zero-order valence-electron chi connectivity index (χ0n) is 14.5. The van der Waals surface area contributed by atoms with Crippen molar-refractivity contribution >= 4 is 23.6 Å². The van der Waals surface area contributed by atoms with Crippen LogP contribution in [0.3, 0.4) is 0 Å². The van der Waals surface area contributed by atoms with Crippen molar-refractivity contribution < 1.29 is 9.59 Å². The first-order valence-corrected chi connectivity index (χ1v) is 8.17.